The molecule has 1 amide bonds. The molecule has 6 nitrogen and oxygen atoms in total. The predicted octanol–water partition coefficient (Wildman–Crippen LogP) is 1.18. The van der Waals surface area contributed by atoms with Gasteiger partial charge in [-0.15, -0.1) is 0 Å². The van der Waals surface area contributed by atoms with E-state index in [1.165, 1.54) is 4.90 Å². The van der Waals surface area contributed by atoms with Crippen LogP contribution in [0.25, 0.3) is 0 Å². The van der Waals surface area contributed by atoms with Crippen molar-refractivity contribution in [2.45, 2.75) is 12.5 Å². The van der Waals surface area contributed by atoms with Crippen LogP contribution in [0.5, 0.6) is 5.88 Å². The molecule has 1 atom stereocenters. The summed E-state index contributed by atoms with van der Waals surface area (Å²) < 4.78 is 5.62. The second-order valence-corrected chi connectivity index (χ2v) is 5.13. The minimum absolute atomic E-state index is 0.305. The van der Waals surface area contributed by atoms with E-state index in [2.05, 4.69) is 9.97 Å². The van der Waals surface area contributed by atoms with Gasteiger partial charge >= 0.3 is 0 Å². The van der Waals surface area contributed by atoms with Crippen molar-refractivity contribution in [3.8, 4) is 5.88 Å². The Bertz CT molecular complexity index is 703. The van der Waals surface area contributed by atoms with E-state index in [1.807, 2.05) is 30.3 Å². The van der Waals surface area contributed by atoms with Gasteiger partial charge in [0.15, 0.2) is 0 Å². The Morgan fingerprint density at radius 3 is 2.68 bits per heavy atom. The van der Waals surface area contributed by atoms with Crippen LogP contribution in [-0.2, 0) is 16.2 Å². The van der Waals surface area contributed by atoms with Gasteiger partial charge in [-0.05, 0) is 5.56 Å². The molecule has 1 aliphatic rings. The van der Waals surface area contributed by atoms with Gasteiger partial charge in [-0.3, -0.25) is 9.59 Å². The third kappa shape index (κ3) is 2.81. The summed E-state index contributed by atoms with van der Waals surface area (Å²) in [4.78, 5) is 33.2. The lowest BCUT2D eigenvalue weighted by Crippen LogP contribution is -2.22. The molecule has 0 bridgehead atoms. The van der Waals surface area contributed by atoms with Gasteiger partial charge in [-0.25, -0.2) is 4.98 Å². The number of ketones is 1. The van der Waals surface area contributed by atoms with Crippen molar-refractivity contribution in [2.75, 3.05) is 13.6 Å². The normalized spacial score (nSPS) is 17.9. The van der Waals surface area contributed by atoms with Crippen molar-refractivity contribution in [3.63, 3.8) is 0 Å². The number of rotatable bonds is 4. The summed E-state index contributed by atoms with van der Waals surface area (Å²) >= 11 is 0. The van der Waals surface area contributed by atoms with E-state index in [0.717, 1.165) is 5.56 Å². The number of hydrogen-bond acceptors (Lipinski definition) is 5. The zero-order valence-corrected chi connectivity index (χ0v) is 12.1. The third-order valence-corrected chi connectivity index (χ3v) is 3.52. The maximum absolute atomic E-state index is 11.9. The van der Waals surface area contributed by atoms with Crippen LogP contribution in [0.3, 0.4) is 0 Å². The van der Waals surface area contributed by atoms with Crippen molar-refractivity contribution >= 4 is 11.7 Å². The lowest BCUT2D eigenvalue weighted by atomic mass is 10.1. The average Bonchev–Trinajstić information content (AvgIpc) is 2.82. The van der Waals surface area contributed by atoms with Gasteiger partial charge in [-0.1, -0.05) is 30.3 Å². The highest BCUT2D eigenvalue weighted by atomic mass is 16.5. The van der Waals surface area contributed by atoms with E-state index >= 15 is 0 Å². The van der Waals surface area contributed by atoms with Crippen LogP contribution in [0.1, 0.15) is 17.3 Å². The Labute approximate surface area is 127 Å². The van der Waals surface area contributed by atoms with Gasteiger partial charge in [0.05, 0.1) is 0 Å². The first-order chi connectivity index (χ1) is 10.6. The minimum atomic E-state index is -0.613. The monoisotopic (exact) mass is 297 g/mol. The zero-order valence-electron chi connectivity index (χ0n) is 12.1. The van der Waals surface area contributed by atoms with E-state index in [1.54, 1.807) is 19.3 Å². The standard InChI is InChI=1S/C16H15N3O3/c1-19-9-12(14(20)16(19)21)15-17-8-7-13(18-15)22-10-11-5-3-2-4-6-11/h2-8,12H,9-10H2,1H3. The third-order valence-electron chi connectivity index (χ3n) is 3.52. The number of hydrogen-bond donors (Lipinski definition) is 0. The number of amides is 1. The van der Waals surface area contributed by atoms with E-state index in [9.17, 15) is 9.59 Å². The van der Waals surface area contributed by atoms with Crippen molar-refractivity contribution in [3.05, 3.63) is 54.0 Å². The Balaban J connectivity index is 1.73. The van der Waals surface area contributed by atoms with E-state index < -0.39 is 17.6 Å². The molecule has 0 saturated carbocycles. The SMILES string of the molecule is CN1CC(c2nccc(OCc3ccccc3)n2)C(=O)C1=O. The average molecular weight is 297 g/mol. The Kier molecular flexibility index (Phi) is 3.82. The van der Waals surface area contributed by atoms with Gasteiger partial charge in [-0.2, -0.15) is 4.98 Å². The molecule has 0 aliphatic carbocycles. The number of aromatic nitrogens is 2. The first kappa shape index (κ1) is 14.2. The van der Waals surface area contributed by atoms with Gasteiger partial charge in [0.1, 0.15) is 18.3 Å². The molecule has 0 radical (unpaired) electrons. The Morgan fingerprint density at radius 1 is 1.23 bits per heavy atom. The summed E-state index contributed by atoms with van der Waals surface area (Å²) in [5.74, 6) is -0.860. The maximum Gasteiger partial charge on any atom is 0.290 e. The molecule has 0 N–H and O–H groups in total. The summed E-state index contributed by atoms with van der Waals surface area (Å²) in [5.41, 5.74) is 1.02. The van der Waals surface area contributed by atoms with Crippen molar-refractivity contribution in [2.24, 2.45) is 0 Å². The number of carbonyl (C=O) groups excluding carboxylic acids is 2. The van der Waals surface area contributed by atoms with E-state index in [-0.39, 0.29) is 0 Å². The van der Waals surface area contributed by atoms with Crippen LogP contribution in [-0.4, -0.2) is 40.2 Å². The molecular formula is C16H15N3O3. The molecule has 1 fully saturated rings. The quantitative estimate of drug-likeness (QED) is 0.792. The molecule has 1 saturated heterocycles. The lowest BCUT2D eigenvalue weighted by Gasteiger charge is -2.09. The zero-order chi connectivity index (χ0) is 15.5. The number of benzene rings is 1. The number of ether oxygens (including phenoxy) is 1. The minimum Gasteiger partial charge on any atom is -0.473 e. The molecular weight excluding hydrogens is 282 g/mol. The molecule has 1 unspecified atom stereocenters. The fourth-order valence-corrected chi connectivity index (χ4v) is 2.31. The summed E-state index contributed by atoms with van der Waals surface area (Å²) in [7, 11) is 1.59. The second kappa shape index (κ2) is 5.93. The van der Waals surface area contributed by atoms with Crippen LogP contribution in [0.15, 0.2) is 42.6 Å². The highest BCUT2D eigenvalue weighted by molar-refractivity contribution is 6.40. The molecule has 2 aromatic rings. The molecule has 112 valence electrons. The molecule has 1 aliphatic heterocycles. The van der Waals surface area contributed by atoms with E-state index in [4.69, 9.17) is 4.74 Å². The number of nitrogens with zero attached hydrogens (tertiary/aromatic N) is 3. The number of likely N-dealkylation sites (tertiary alicyclic amines) is 1. The molecule has 22 heavy (non-hydrogen) atoms. The fourth-order valence-electron chi connectivity index (χ4n) is 2.31. The van der Waals surface area contributed by atoms with Crippen molar-refractivity contribution in [1.82, 2.24) is 14.9 Å². The topological polar surface area (TPSA) is 72.4 Å². The highest BCUT2D eigenvalue weighted by Gasteiger charge is 2.39. The molecule has 3 rings (SSSR count). The van der Waals surface area contributed by atoms with Gasteiger partial charge in [0.2, 0.25) is 11.7 Å². The largest absolute Gasteiger partial charge is 0.473 e. The van der Waals surface area contributed by atoms with Gasteiger partial charge < -0.3 is 9.64 Å². The predicted molar refractivity (Wildman–Crippen MR) is 78.2 cm³/mol. The van der Waals surface area contributed by atoms with Crippen molar-refractivity contribution < 1.29 is 14.3 Å². The van der Waals surface area contributed by atoms with Crippen LogP contribution in [0, 0.1) is 0 Å². The number of Topliss-reactive ketones (excluding diaryl/α,β-unsaturated/α-hetero) is 1. The Morgan fingerprint density at radius 2 is 2.00 bits per heavy atom. The van der Waals surface area contributed by atoms with Gasteiger partial charge in [0.25, 0.3) is 5.91 Å². The molecule has 0 spiro atoms. The van der Waals surface area contributed by atoms with Crippen LogP contribution >= 0.6 is 0 Å². The number of likely N-dealkylation sites (N-methyl/N-ethyl adjacent to an activating group) is 1. The highest BCUT2D eigenvalue weighted by Crippen LogP contribution is 2.22. The summed E-state index contributed by atoms with van der Waals surface area (Å²) in [6.07, 6.45) is 1.54. The number of carbonyl (C=O) groups is 2. The smallest absolute Gasteiger partial charge is 0.290 e. The summed E-state index contributed by atoms with van der Waals surface area (Å²) in [5, 5.41) is 0. The van der Waals surface area contributed by atoms with Crippen LogP contribution in [0.4, 0.5) is 0 Å². The maximum atomic E-state index is 11.9. The molecule has 2 heterocycles. The van der Waals surface area contributed by atoms with Crippen LogP contribution in [0.2, 0.25) is 0 Å². The summed E-state index contributed by atoms with van der Waals surface area (Å²) in [6.45, 7) is 0.689. The Hall–Kier alpha value is -2.76. The lowest BCUT2D eigenvalue weighted by molar-refractivity contribution is -0.139. The van der Waals surface area contributed by atoms with Crippen LogP contribution < -0.4 is 4.74 Å². The molecule has 6 heteroatoms. The first-order valence-electron chi connectivity index (χ1n) is 6.94. The van der Waals surface area contributed by atoms with E-state index in [0.29, 0.717) is 24.9 Å². The second-order valence-electron chi connectivity index (χ2n) is 5.13. The fraction of sp³-hybridized carbons (Fsp3) is 0.250. The first-order valence-corrected chi connectivity index (χ1v) is 6.94. The van der Waals surface area contributed by atoms with Gasteiger partial charge in [0, 0.05) is 25.9 Å². The van der Waals surface area contributed by atoms with Crippen molar-refractivity contribution in [1.29, 1.82) is 0 Å². The molecule has 1 aromatic carbocycles. The molecule has 1 aromatic heterocycles. The summed E-state index contributed by atoms with van der Waals surface area (Å²) in [6, 6.07) is 11.3.